The molecule has 0 N–H and O–H groups in total. The van der Waals surface area contributed by atoms with E-state index in [-0.39, 0.29) is 24.2 Å². The Labute approximate surface area is 147 Å². The van der Waals surface area contributed by atoms with Crippen LogP contribution in [0.5, 0.6) is 5.88 Å². The lowest BCUT2D eigenvalue weighted by Crippen LogP contribution is -2.31. The molecule has 0 saturated carbocycles. The lowest BCUT2D eigenvalue weighted by atomic mass is 10.2. The first-order valence-electron chi connectivity index (χ1n) is 7.87. The third kappa shape index (κ3) is 3.48. The van der Waals surface area contributed by atoms with Gasteiger partial charge in [-0.05, 0) is 37.5 Å². The van der Waals surface area contributed by atoms with E-state index >= 15 is 0 Å². The van der Waals surface area contributed by atoms with Gasteiger partial charge in [-0.25, -0.2) is 18.4 Å². The van der Waals surface area contributed by atoms with Crippen LogP contribution in [0.4, 0.5) is 0 Å². The quantitative estimate of drug-likeness (QED) is 0.827. The molecular weight excluding hydrogens is 340 g/mol. The fraction of sp³-hybridized carbons (Fsp3) is 0.353. The third-order valence-electron chi connectivity index (χ3n) is 4.12. The molecule has 1 fully saturated rings. The minimum atomic E-state index is -3.58. The Morgan fingerprint density at radius 2 is 2.04 bits per heavy atom. The molecule has 0 aliphatic carbocycles. The first-order chi connectivity index (χ1) is 11.9. The molecular formula is C17H18N4O3S. The summed E-state index contributed by atoms with van der Waals surface area (Å²) in [5.41, 5.74) is 1.71. The number of ether oxygens (including phenoxy) is 1. The van der Waals surface area contributed by atoms with Gasteiger partial charge >= 0.3 is 0 Å². The molecule has 2 aromatic rings. The highest BCUT2D eigenvalue weighted by atomic mass is 32.2. The average Bonchev–Trinajstić information content (AvgIpc) is 3.07. The summed E-state index contributed by atoms with van der Waals surface area (Å²) < 4.78 is 33.0. The number of hydrogen-bond acceptors (Lipinski definition) is 6. The van der Waals surface area contributed by atoms with Crippen molar-refractivity contribution < 1.29 is 13.2 Å². The van der Waals surface area contributed by atoms with Crippen LogP contribution < -0.4 is 4.74 Å². The summed E-state index contributed by atoms with van der Waals surface area (Å²) in [6.45, 7) is 4.24. The maximum atomic E-state index is 12.9. The number of rotatable bonds is 4. The van der Waals surface area contributed by atoms with Gasteiger partial charge in [0.2, 0.25) is 15.7 Å². The molecule has 2 heterocycles. The zero-order valence-electron chi connectivity index (χ0n) is 14.0. The number of hydrogen-bond donors (Lipinski definition) is 0. The average molecular weight is 358 g/mol. The van der Waals surface area contributed by atoms with Crippen molar-refractivity contribution in [2.45, 2.75) is 31.3 Å². The Morgan fingerprint density at radius 1 is 1.28 bits per heavy atom. The number of aryl methyl sites for hydroxylation is 2. The van der Waals surface area contributed by atoms with Gasteiger partial charge in [0.25, 0.3) is 5.88 Å². The van der Waals surface area contributed by atoms with E-state index in [1.165, 1.54) is 16.7 Å². The van der Waals surface area contributed by atoms with Gasteiger partial charge in [-0.3, -0.25) is 0 Å². The second-order valence-electron chi connectivity index (χ2n) is 5.98. The highest BCUT2D eigenvalue weighted by molar-refractivity contribution is 7.89. The molecule has 0 radical (unpaired) electrons. The minimum Gasteiger partial charge on any atom is -0.471 e. The monoisotopic (exact) mass is 358 g/mol. The van der Waals surface area contributed by atoms with Crippen molar-refractivity contribution >= 4 is 10.0 Å². The van der Waals surface area contributed by atoms with Gasteiger partial charge in [-0.1, -0.05) is 12.1 Å². The SMILES string of the molecule is Cc1ccc(C)c(S(=O)(=O)N2CCC(Oc3nccnc3C#N)C2)c1. The van der Waals surface area contributed by atoms with Gasteiger partial charge in [0.05, 0.1) is 11.4 Å². The zero-order valence-corrected chi connectivity index (χ0v) is 14.8. The van der Waals surface area contributed by atoms with Crippen LogP contribution in [0, 0.1) is 25.2 Å². The van der Waals surface area contributed by atoms with Gasteiger partial charge in [0.1, 0.15) is 12.2 Å². The van der Waals surface area contributed by atoms with E-state index in [1.807, 2.05) is 25.1 Å². The molecule has 0 amide bonds. The second-order valence-corrected chi connectivity index (χ2v) is 7.89. The Kier molecular flexibility index (Phi) is 4.70. The molecule has 1 unspecified atom stereocenters. The first kappa shape index (κ1) is 17.3. The molecule has 1 saturated heterocycles. The molecule has 0 bridgehead atoms. The number of sulfonamides is 1. The van der Waals surface area contributed by atoms with Crippen molar-refractivity contribution in [3.8, 4) is 11.9 Å². The van der Waals surface area contributed by atoms with Crippen LogP contribution >= 0.6 is 0 Å². The normalized spacial score (nSPS) is 18.0. The Balaban J connectivity index is 1.78. The van der Waals surface area contributed by atoms with Gasteiger partial charge in [-0.2, -0.15) is 9.57 Å². The van der Waals surface area contributed by atoms with Crippen molar-refractivity contribution in [1.29, 1.82) is 5.26 Å². The predicted octanol–water partition coefficient (Wildman–Crippen LogP) is 1.81. The number of aromatic nitrogens is 2. The maximum absolute atomic E-state index is 12.9. The van der Waals surface area contributed by atoms with Gasteiger partial charge in [0.15, 0.2) is 0 Å². The Hall–Kier alpha value is -2.50. The van der Waals surface area contributed by atoms with E-state index in [1.54, 1.807) is 13.0 Å². The third-order valence-corrected chi connectivity index (χ3v) is 6.13. The second kappa shape index (κ2) is 6.78. The highest BCUT2D eigenvalue weighted by Gasteiger charge is 2.35. The number of benzene rings is 1. The van der Waals surface area contributed by atoms with Crippen LogP contribution in [-0.2, 0) is 10.0 Å². The Morgan fingerprint density at radius 3 is 2.80 bits per heavy atom. The summed E-state index contributed by atoms with van der Waals surface area (Å²) in [6.07, 6.45) is 3.03. The molecule has 1 aromatic heterocycles. The summed E-state index contributed by atoms with van der Waals surface area (Å²) in [6, 6.07) is 7.31. The highest BCUT2D eigenvalue weighted by Crippen LogP contribution is 2.26. The summed E-state index contributed by atoms with van der Waals surface area (Å²) >= 11 is 0. The largest absolute Gasteiger partial charge is 0.471 e. The van der Waals surface area contributed by atoms with Crippen molar-refractivity contribution in [1.82, 2.24) is 14.3 Å². The van der Waals surface area contributed by atoms with Gasteiger partial charge in [-0.15, -0.1) is 0 Å². The zero-order chi connectivity index (χ0) is 18.0. The van der Waals surface area contributed by atoms with Crippen LogP contribution in [-0.4, -0.2) is 41.9 Å². The van der Waals surface area contributed by atoms with Crippen LogP contribution in [0.25, 0.3) is 0 Å². The van der Waals surface area contributed by atoms with Crippen molar-refractivity contribution in [3.63, 3.8) is 0 Å². The lowest BCUT2D eigenvalue weighted by molar-refractivity contribution is 0.205. The van der Waals surface area contributed by atoms with E-state index in [0.29, 0.717) is 17.9 Å². The van der Waals surface area contributed by atoms with Crippen molar-refractivity contribution in [3.05, 3.63) is 47.4 Å². The molecule has 1 aliphatic rings. The fourth-order valence-electron chi connectivity index (χ4n) is 2.78. The van der Waals surface area contributed by atoms with Gasteiger partial charge in [0, 0.05) is 18.9 Å². The Bertz CT molecular complexity index is 937. The molecule has 7 nitrogen and oxygen atoms in total. The molecule has 130 valence electrons. The predicted molar refractivity (Wildman–Crippen MR) is 90.5 cm³/mol. The summed E-state index contributed by atoms with van der Waals surface area (Å²) in [4.78, 5) is 8.23. The summed E-state index contributed by atoms with van der Waals surface area (Å²) in [7, 11) is -3.58. The van der Waals surface area contributed by atoms with Crippen LogP contribution in [0.15, 0.2) is 35.5 Å². The standard InChI is InChI=1S/C17H18N4O3S/c1-12-3-4-13(2)16(9-12)25(22,23)21-8-5-14(11-21)24-17-15(10-18)19-6-7-20-17/h3-4,6-7,9,14H,5,8,11H2,1-2H3. The smallest absolute Gasteiger partial charge is 0.251 e. The van der Waals surface area contributed by atoms with Gasteiger partial charge < -0.3 is 4.74 Å². The molecule has 1 aliphatic heterocycles. The first-order valence-corrected chi connectivity index (χ1v) is 9.31. The fourth-order valence-corrected chi connectivity index (χ4v) is 4.58. The maximum Gasteiger partial charge on any atom is 0.251 e. The van der Waals surface area contributed by atoms with Crippen LogP contribution in [0.1, 0.15) is 23.2 Å². The molecule has 0 spiro atoms. The van der Waals surface area contributed by atoms with Crippen molar-refractivity contribution in [2.75, 3.05) is 13.1 Å². The van der Waals surface area contributed by atoms with E-state index in [4.69, 9.17) is 10.00 Å². The lowest BCUT2D eigenvalue weighted by Gasteiger charge is -2.18. The summed E-state index contributed by atoms with van der Waals surface area (Å²) in [5, 5.41) is 9.04. The van der Waals surface area contributed by atoms with Crippen LogP contribution in [0.3, 0.4) is 0 Å². The van der Waals surface area contributed by atoms with Crippen LogP contribution in [0.2, 0.25) is 0 Å². The molecule has 1 aromatic carbocycles. The molecule has 8 heteroatoms. The van der Waals surface area contributed by atoms with E-state index in [9.17, 15) is 8.42 Å². The minimum absolute atomic E-state index is 0.0957. The van der Waals surface area contributed by atoms with E-state index in [2.05, 4.69) is 9.97 Å². The number of nitrogens with zero attached hydrogens (tertiary/aromatic N) is 4. The van der Waals surface area contributed by atoms with E-state index in [0.717, 1.165) is 11.1 Å². The molecule has 1 atom stereocenters. The molecule has 3 rings (SSSR count). The number of nitriles is 1. The topological polar surface area (TPSA) is 96.2 Å². The van der Waals surface area contributed by atoms with E-state index < -0.39 is 10.0 Å². The van der Waals surface area contributed by atoms with Crippen molar-refractivity contribution in [2.24, 2.45) is 0 Å². The molecule has 25 heavy (non-hydrogen) atoms. The summed E-state index contributed by atoms with van der Waals surface area (Å²) in [5.74, 6) is 0.140.